The van der Waals surface area contributed by atoms with E-state index in [1.165, 1.54) is 6.07 Å². The van der Waals surface area contributed by atoms with Crippen molar-refractivity contribution < 1.29 is 13.9 Å². The third kappa shape index (κ3) is 5.11. The van der Waals surface area contributed by atoms with Gasteiger partial charge in [-0.2, -0.15) is 0 Å². The molecule has 1 aromatic carbocycles. The van der Waals surface area contributed by atoms with Crippen molar-refractivity contribution >= 4 is 11.6 Å². The minimum absolute atomic E-state index is 0.237. The number of alkyl halides is 1. The van der Waals surface area contributed by atoms with Crippen LogP contribution in [0, 0.1) is 5.82 Å². The van der Waals surface area contributed by atoms with Gasteiger partial charge in [0.25, 0.3) is 0 Å². The molecule has 0 amide bonds. The summed E-state index contributed by atoms with van der Waals surface area (Å²) in [6, 6.07) is 6.56. The number of ether oxygens (including phenoxy) is 2. The highest BCUT2D eigenvalue weighted by Gasteiger charge is 1.99. The monoisotopic (exact) mass is 232 g/mol. The van der Waals surface area contributed by atoms with Crippen LogP contribution in [-0.2, 0) is 16.1 Å². The van der Waals surface area contributed by atoms with E-state index in [-0.39, 0.29) is 12.4 Å². The van der Waals surface area contributed by atoms with E-state index in [2.05, 4.69) is 0 Å². The van der Waals surface area contributed by atoms with E-state index in [1.807, 2.05) is 0 Å². The molecule has 2 nitrogen and oxygen atoms in total. The molecule has 0 fully saturated rings. The molecule has 0 spiro atoms. The highest BCUT2D eigenvalue weighted by Crippen LogP contribution is 2.07. The van der Waals surface area contributed by atoms with Gasteiger partial charge in [0, 0.05) is 11.4 Å². The van der Waals surface area contributed by atoms with Crippen LogP contribution in [0.25, 0.3) is 0 Å². The largest absolute Gasteiger partial charge is 0.378 e. The third-order valence-corrected chi connectivity index (χ3v) is 1.96. The Morgan fingerprint density at radius 3 is 2.53 bits per heavy atom. The van der Waals surface area contributed by atoms with Crippen LogP contribution in [0.15, 0.2) is 24.3 Å². The number of rotatable bonds is 7. The summed E-state index contributed by atoms with van der Waals surface area (Å²) in [4.78, 5) is 0. The van der Waals surface area contributed by atoms with Crippen LogP contribution in [0.1, 0.15) is 5.56 Å². The number of hydrogen-bond donors (Lipinski definition) is 0. The molecule has 1 rings (SSSR count). The van der Waals surface area contributed by atoms with Gasteiger partial charge in [0.2, 0.25) is 0 Å². The topological polar surface area (TPSA) is 18.5 Å². The minimum Gasteiger partial charge on any atom is -0.378 e. The van der Waals surface area contributed by atoms with E-state index in [0.717, 1.165) is 0 Å². The molecule has 0 bridgehead atoms. The predicted molar refractivity (Wildman–Crippen MR) is 57.6 cm³/mol. The fraction of sp³-hybridized carbons (Fsp3) is 0.455. The first-order valence-electron chi connectivity index (χ1n) is 4.79. The molecule has 0 unspecified atom stereocenters. The van der Waals surface area contributed by atoms with Gasteiger partial charge in [0.15, 0.2) is 0 Å². The quantitative estimate of drug-likeness (QED) is 0.532. The highest BCUT2D eigenvalue weighted by molar-refractivity contribution is 6.17. The Morgan fingerprint density at radius 1 is 1.07 bits per heavy atom. The molecule has 0 radical (unpaired) electrons. The van der Waals surface area contributed by atoms with Crippen LogP contribution in [0.3, 0.4) is 0 Å². The van der Waals surface area contributed by atoms with Gasteiger partial charge in [-0.1, -0.05) is 18.2 Å². The Hall–Kier alpha value is -0.640. The van der Waals surface area contributed by atoms with Crippen molar-refractivity contribution in [2.24, 2.45) is 0 Å². The van der Waals surface area contributed by atoms with Crippen LogP contribution in [0.5, 0.6) is 0 Å². The Morgan fingerprint density at radius 2 is 1.80 bits per heavy atom. The molecule has 0 heterocycles. The SMILES string of the molecule is Fc1ccccc1COCCOCCCl. The Bertz CT molecular complexity index is 281. The molecule has 0 atom stereocenters. The summed E-state index contributed by atoms with van der Waals surface area (Å²) in [6.45, 7) is 1.73. The molecule has 0 aliphatic carbocycles. The van der Waals surface area contributed by atoms with Gasteiger partial charge >= 0.3 is 0 Å². The molecular weight excluding hydrogens is 219 g/mol. The van der Waals surface area contributed by atoms with Gasteiger partial charge in [-0.05, 0) is 6.07 Å². The van der Waals surface area contributed by atoms with Crippen molar-refractivity contribution in [1.82, 2.24) is 0 Å². The molecule has 0 saturated heterocycles. The summed E-state index contributed by atoms with van der Waals surface area (Å²) in [7, 11) is 0. The average molecular weight is 233 g/mol. The summed E-state index contributed by atoms with van der Waals surface area (Å²) >= 11 is 5.42. The first kappa shape index (κ1) is 12.4. The molecule has 0 saturated carbocycles. The molecular formula is C11H14ClFO2. The zero-order chi connectivity index (χ0) is 10.9. The third-order valence-electron chi connectivity index (χ3n) is 1.81. The lowest BCUT2D eigenvalue weighted by molar-refractivity contribution is 0.0449. The van der Waals surface area contributed by atoms with Gasteiger partial charge in [-0.3, -0.25) is 0 Å². The molecule has 84 valence electrons. The first-order valence-corrected chi connectivity index (χ1v) is 5.33. The van der Waals surface area contributed by atoms with E-state index >= 15 is 0 Å². The first-order chi connectivity index (χ1) is 7.34. The minimum atomic E-state index is -0.237. The van der Waals surface area contributed by atoms with Crippen molar-refractivity contribution in [3.05, 3.63) is 35.6 Å². The van der Waals surface area contributed by atoms with Gasteiger partial charge in [-0.15, -0.1) is 11.6 Å². The van der Waals surface area contributed by atoms with E-state index < -0.39 is 0 Å². The Balaban J connectivity index is 2.12. The second kappa shape index (κ2) is 7.63. The van der Waals surface area contributed by atoms with Crippen molar-refractivity contribution in [3.63, 3.8) is 0 Å². The lowest BCUT2D eigenvalue weighted by atomic mass is 10.2. The van der Waals surface area contributed by atoms with E-state index in [0.29, 0.717) is 31.3 Å². The second-order valence-electron chi connectivity index (χ2n) is 2.95. The molecule has 4 heteroatoms. The zero-order valence-electron chi connectivity index (χ0n) is 8.42. The highest BCUT2D eigenvalue weighted by atomic mass is 35.5. The Labute approximate surface area is 94.0 Å². The normalized spacial score (nSPS) is 10.5. The van der Waals surface area contributed by atoms with E-state index in [1.54, 1.807) is 18.2 Å². The smallest absolute Gasteiger partial charge is 0.128 e. The van der Waals surface area contributed by atoms with E-state index in [4.69, 9.17) is 21.1 Å². The second-order valence-corrected chi connectivity index (χ2v) is 3.32. The van der Waals surface area contributed by atoms with Crippen molar-refractivity contribution in [2.75, 3.05) is 25.7 Å². The molecule has 0 N–H and O–H groups in total. The molecule has 15 heavy (non-hydrogen) atoms. The summed E-state index contributed by atoms with van der Waals surface area (Å²) < 4.78 is 23.4. The maximum absolute atomic E-state index is 13.1. The standard InChI is InChI=1S/C11H14ClFO2/c12-5-6-14-7-8-15-9-10-3-1-2-4-11(10)13/h1-4H,5-9H2. The summed E-state index contributed by atoms with van der Waals surface area (Å²) in [6.07, 6.45) is 0. The maximum Gasteiger partial charge on any atom is 0.128 e. The van der Waals surface area contributed by atoms with Gasteiger partial charge < -0.3 is 9.47 Å². The molecule has 0 aromatic heterocycles. The fourth-order valence-corrected chi connectivity index (χ4v) is 1.18. The molecule has 0 aliphatic heterocycles. The van der Waals surface area contributed by atoms with E-state index in [9.17, 15) is 4.39 Å². The van der Waals surface area contributed by atoms with Crippen LogP contribution < -0.4 is 0 Å². The summed E-state index contributed by atoms with van der Waals surface area (Å²) in [5, 5.41) is 0. The van der Waals surface area contributed by atoms with Crippen molar-refractivity contribution in [3.8, 4) is 0 Å². The number of hydrogen-bond acceptors (Lipinski definition) is 2. The zero-order valence-corrected chi connectivity index (χ0v) is 9.17. The van der Waals surface area contributed by atoms with Gasteiger partial charge in [0.1, 0.15) is 5.82 Å². The van der Waals surface area contributed by atoms with Crippen LogP contribution in [0.2, 0.25) is 0 Å². The number of halogens is 2. The van der Waals surface area contributed by atoms with Crippen LogP contribution >= 0.6 is 11.6 Å². The van der Waals surface area contributed by atoms with Gasteiger partial charge in [0.05, 0.1) is 26.4 Å². The van der Waals surface area contributed by atoms with Crippen molar-refractivity contribution in [2.45, 2.75) is 6.61 Å². The maximum atomic E-state index is 13.1. The average Bonchev–Trinajstić information content (AvgIpc) is 2.25. The fourth-order valence-electron chi connectivity index (χ4n) is 1.07. The van der Waals surface area contributed by atoms with Crippen LogP contribution in [-0.4, -0.2) is 25.7 Å². The Kier molecular flexibility index (Phi) is 6.32. The van der Waals surface area contributed by atoms with Crippen molar-refractivity contribution in [1.29, 1.82) is 0 Å². The summed E-state index contributed by atoms with van der Waals surface area (Å²) in [5.74, 6) is 0.243. The lowest BCUT2D eigenvalue weighted by Gasteiger charge is -2.05. The summed E-state index contributed by atoms with van der Waals surface area (Å²) in [5.41, 5.74) is 0.565. The lowest BCUT2D eigenvalue weighted by Crippen LogP contribution is -2.06. The molecule has 0 aliphatic rings. The predicted octanol–water partition coefficient (Wildman–Crippen LogP) is 2.60. The number of benzene rings is 1. The van der Waals surface area contributed by atoms with Crippen LogP contribution in [0.4, 0.5) is 4.39 Å². The van der Waals surface area contributed by atoms with Gasteiger partial charge in [-0.25, -0.2) is 4.39 Å². The molecule has 1 aromatic rings.